The standard InChI is InChI=1S/C16H21N3O3S/c1-12-19-16(11-22-12)14-2-4-15(5-3-14)23(20,21)18-9-7-13-6-8-17-10-13/h2-5,11,13,17-18H,6-10H2,1H3. The Morgan fingerprint density at radius 3 is 2.74 bits per heavy atom. The second-order valence-corrected chi connectivity index (χ2v) is 7.59. The van der Waals surface area contributed by atoms with Crippen LogP contribution in [0.25, 0.3) is 11.3 Å². The molecule has 0 aliphatic carbocycles. The fourth-order valence-corrected chi connectivity index (χ4v) is 3.79. The number of sulfonamides is 1. The van der Waals surface area contributed by atoms with Gasteiger partial charge in [-0.25, -0.2) is 18.1 Å². The number of aromatic nitrogens is 1. The summed E-state index contributed by atoms with van der Waals surface area (Å²) >= 11 is 0. The van der Waals surface area contributed by atoms with Crippen molar-refractivity contribution in [2.24, 2.45) is 5.92 Å². The molecule has 23 heavy (non-hydrogen) atoms. The number of oxazole rings is 1. The van der Waals surface area contributed by atoms with E-state index in [4.69, 9.17) is 4.42 Å². The van der Waals surface area contributed by atoms with Crippen molar-refractivity contribution < 1.29 is 12.8 Å². The zero-order valence-electron chi connectivity index (χ0n) is 13.1. The highest BCUT2D eigenvalue weighted by atomic mass is 32.2. The summed E-state index contributed by atoms with van der Waals surface area (Å²) in [5.74, 6) is 1.15. The molecule has 1 aliphatic rings. The monoisotopic (exact) mass is 335 g/mol. The van der Waals surface area contributed by atoms with Gasteiger partial charge in [0, 0.05) is 19.0 Å². The number of hydrogen-bond donors (Lipinski definition) is 2. The molecule has 1 atom stereocenters. The summed E-state index contributed by atoms with van der Waals surface area (Å²) < 4.78 is 32.4. The Hall–Kier alpha value is -1.70. The Labute approximate surface area is 136 Å². The Balaban J connectivity index is 1.62. The molecule has 1 saturated heterocycles. The van der Waals surface area contributed by atoms with Gasteiger partial charge in [-0.1, -0.05) is 12.1 Å². The molecule has 6 nitrogen and oxygen atoms in total. The van der Waals surface area contributed by atoms with Gasteiger partial charge in [0.1, 0.15) is 12.0 Å². The van der Waals surface area contributed by atoms with Crippen molar-refractivity contribution in [1.82, 2.24) is 15.0 Å². The lowest BCUT2D eigenvalue weighted by atomic mass is 10.1. The smallest absolute Gasteiger partial charge is 0.240 e. The van der Waals surface area contributed by atoms with E-state index < -0.39 is 10.0 Å². The molecule has 7 heteroatoms. The normalized spacial score (nSPS) is 18.4. The molecule has 2 heterocycles. The minimum Gasteiger partial charge on any atom is -0.449 e. The summed E-state index contributed by atoms with van der Waals surface area (Å²) in [7, 11) is -3.46. The zero-order chi connectivity index (χ0) is 16.3. The first-order valence-electron chi connectivity index (χ1n) is 7.77. The Bertz CT molecular complexity index is 747. The summed E-state index contributed by atoms with van der Waals surface area (Å²) in [5, 5.41) is 3.28. The highest BCUT2D eigenvalue weighted by Gasteiger charge is 2.17. The Morgan fingerprint density at radius 2 is 2.13 bits per heavy atom. The van der Waals surface area contributed by atoms with Crippen molar-refractivity contribution in [3.8, 4) is 11.3 Å². The van der Waals surface area contributed by atoms with Gasteiger partial charge in [0.2, 0.25) is 10.0 Å². The second-order valence-electron chi connectivity index (χ2n) is 5.82. The largest absolute Gasteiger partial charge is 0.449 e. The lowest BCUT2D eigenvalue weighted by Gasteiger charge is -2.10. The summed E-state index contributed by atoms with van der Waals surface area (Å²) in [4.78, 5) is 4.50. The predicted octanol–water partition coefficient (Wildman–Crippen LogP) is 1.93. The van der Waals surface area contributed by atoms with E-state index in [1.807, 2.05) is 0 Å². The molecule has 1 aromatic heterocycles. The van der Waals surface area contributed by atoms with Gasteiger partial charge in [-0.2, -0.15) is 0 Å². The van der Waals surface area contributed by atoms with E-state index >= 15 is 0 Å². The number of nitrogens with one attached hydrogen (secondary N) is 2. The van der Waals surface area contributed by atoms with Crippen molar-refractivity contribution in [2.45, 2.75) is 24.7 Å². The van der Waals surface area contributed by atoms with Crippen LogP contribution in [0.3, 0.4) is 0 Å². The molecule has 0 radical (unpaired) electrons. The zero-order valence-corrected chi connectivity index (χ0v) is 13.9. The predicted molar refractivity (Wildman–Crippen MR) is 87.5 cm³/mol. The number of aryl methyl sites for hydroxylation is 1. The van der Waals surface area contributed by atoms with Crippen LogP contribution in [0, 0.1) is 12.8 Å². The third-order valence-corrected chi connectivity index (χ3v) is 5.56. The molecule has 1 aromatic carbocycles. The van der Waals surface area contributed by atoms with Crippen molar-refractivity contribution in [1.29, 1.82) is 0 Å². The van der Waals surface area contributed by atoms with Crippen molar-refractivity contribution >= 4 is 10.0 Å². The van der Waals surface area contributed by atoms with Crippen molar-refractivity contribution in [3.63, 3.8) is 0 Å². The Morgan fingerprint density at radius 1 is 1.35 bits per heavy atom. The highest BCUT2D eigenvalue weighted by molar-refractivity contribution is 7.89. The fraction of sp³-hybridized carbons (Fsp3) is 0.438. The van der Waals surface area contributed by atoms with Crippen LogP contribution in [0.5, 0.6) is 0 Å². The molecule has 3 rings (SSSR count). The Kier molecular flexibility index (Phi) is 4.79. The summed E-state index contributed by atoms with van der Waals surface area (Å²) in [6.07, 6.45) is 3.54. The third-order valence-electron chi connectivity index (χ3n) is 4.09. The van der Waals surface area contributed by atoms with Gasteiger partial charge >= 0.3 is 0 Å². The van der Waals surface area contributed by atoms with Gasteiger partial charge in [-0.05, 0) is 44.0 Å². The maximum absolute atomic E-state index is 12.3. The van der Waals surface area contributed by atoms with E-state index in [1.165, 1.54) is 0 Å². The van der Waals surface area contributed by atoms with Crippen LogP contribution >= 0.6 is 0 Å². The van der Waals surface area contributed by atoms with Crippen LogP contribution in [-0.4, -0.2) is 33.0 Å². The minimum absolute atomic E-state index is 0.269. The van der Waals surface area contributed by atoms with Crippen molar-refractivity contribution in [2.75, 3.05) is 19.6 Å². The molecule has 2 aromatic rings. The van der Waals surface area contributed by atoms with Crippen LogP contribution in [0.2, 0.25) is 0 Å². The van der Waals surface area contributed by atoms with E-state index in [0.717, 1.165) is 31.5 Å². The maximum Gasteiger partial charge on any atom is 0.240 e. The van der Waals surface area contributed by atoms with Crippen LogP contribution in [-0.2, 0) is 10.0 Å². The minimum atomic E-state index is -3.46. The van der Waals surface area contributed by atoms with E-state index in [9.17, 15) is 8.42 Å². The molecule has 1 fully saturated rings. The SMILES string of the molecule is Cc1nc(-c2ccc(S(=O)(=O)NCCC3CCNC3)cc2)co1. The molecule has 0 bridgehead atoms. The summed E-state index contributed by atoms with van der Waals surface area (Å²) in [6, 6.07) is 6.68. The fourth-order valence-electron chi connectivity index (χ4n) is 2.74. The van der Waals surface area contributed by atoms with Gasteiger partial charge in [0.05, 0.1) is 4.90 Å². The highest BCUT2D eigenvalue weighted by Crippen LogP contribution is 2.20. The average molecular weight is 335 g/mol. The van der Waals surface area contributed by atoms with E-state index in [1.54, 1.807) is 37.5 Å². The maximum atomic E-state index is 12.3. The van der Waals surface area contributed by atoms with Gasteiger partial charge in [0.15, 0.2) is 5.89 Å². The quantitative estimate of drug-likeness (QED) is 0.843. The molecule has 0 saturated carbocycles. The van der Waals surface area contributed by atoms with Crippen LogP contribution in [0.4, 0.5) is 0 Å². The lowest BCUT2D eigenvalue weighted by Crippen LogP contribution is -2.26. The second kappa shape index (κ2) is 6.82. The first-order valence-corrected chi connectivity index (χ1v) is 9.26. The molecule has 0 amide bonds. The first-order chi connectivity index (χ1) is 11.0. The van der Waals surface area contributed by atoms with Crippen LogP contribution in [0.15, 0.2) is 39.8 Å². The first kappa shape index (κ1) is 16.2. The van der Waals surface area contributed by atoms with E-state index in [0.29, 0.717) is 24.0 Å². The number of rotatable bonds is 6. The van der Waals surface area contributed by atoms with E-state index in [2.05, 4.69) is 15.0 Å². The molecule has 0 spiro atoms. The molecular formula is C16H21N3O3S. The van der Waals surface area contributed by atoms with E-state index in [-0.39, 0.29) is 4.90 Å². The molecule has 1 unspecified atom stereocenters. The third kappa shape index (κ3) is 3.99. The topological polar surface area (TPSA) is 84.2 Å². The number of benzene rings is 1. The van der Waals surface area contributed by atoms with Crippen molar-refractivity contribution in [3.05, 3.63) is 36.4 Å². The van der Waals surface area contributed by atoms with Crippen LogP contribution in [0.1, 0.15) is 18.7 Å². The average Bonchev–Trinajstić information content (AvgIpc) is 3.19. The number of hydrogen-bond acceptors (Lipinski definition) is 5. The molecule has 124 valence electrons. The summed E-state index contributed by atoms with van der Waals surface area (Å²) in [5.41, 5.74) is 1.53. The van der Waals surface area contributed by atoms with Gasteiger partial charge < -0.3 is 9.73 Å². The number of nitrogens with zero attached hydrogens (tertiary/aromatic N) is 1. The lowest BCUT2D eigenvalue weighted by molar-refractivity contribution is 0.519. The summed E-state index contributed by atoms with van der Waals surface area (Å²) in [6.45, 7) is 4.25. The van der Waals surface area contributed by atoms with Gasteiger partial charge in [0.25, 0.3) is 0 Å². The van der Waals surface area contributed by atoms with Gasteiger partial charge in [-0.15, -0.1) is 0 Å². The molecule has 1 aliphatic heterocycles. The van der Waals surface area contributed by atoms with Gasteiger partial charge in [-0.3, -0.25) is 0 Å². The molecule has 2 N–H and O–H groups in total. The van der Waals surface area contributed by atoms with Crippen LogP contribution < -0.4 is 10.0 Å². The molecular weight excluding hydrogens is 314 g/mol.